The van der Waals surface area contributed by atoms with Gasteiger partial charge >= 0.3 is 5.97 Å². The molecule has 3 aromatic rings. The summed E-state index contributed by atoms with van der Waals surface area (Å²) in [5.74, 6) is 0.403. The molecule has 0 unspecified atom stereocenters. The van der Waals surface area contributed by atoms with Crippen molar-refractivity contribution in [1.82, 2.24) is 9.80 Å². The molecule has 1 aliphatic heterocycles. The highest BCUT2D eigenvalue weighted by Crippen LogP contribution is 2.36. The molecule has 1 aliphatic rings. The van der Waals surface area contributed by atoms with Crippen molar-refractivity contribution in [3.63, 3.8) is 0 Å². The molecule has 7 nitrogen and oxygen atoms in total. The summed E-state index contributed by atoms with van der Waals surface area (Å²) in [6, 6.07) is 13.5. The Hall–Kier alpha value is -2.94. The molecule has 1 aromatic carbocycles. The summed E-state index contributed by atoms with van der Waals surface area (Å²) in [6.45, 7) is 6.48. The highest BCUT2D eigenvalue weighted by Gasteiger charge is 2.24. The Morgan fingerprint density at radius 2 is 1.81 bits per heavy atom. The van der Waals surface area contributed by atoms with Gasteiger partial charge in [0.25, 0.3) is 0 Å². The quantitative estimate of drug-likeness (QED) is 0.521. The minimum Gasteiger partial charge on any atom is -0.468 e. The number of benzene rings is 1. The van der Waals surface area contributed by atoms with Gasteiger partial charge in [-0.05, 0) is 24.6 Å². The average molecular weight is 454 g/mol. The molecule has 0 aliphatic carbocycles. The van der Waals surface area contributed by atoms with E-state index < -0.39 is 5.97 Å². The Morgan fingerprint density at radius 1 is 1.06 bits per heavy atom. The number of rotatable bonds is 8. The predicted octanol–water partition coefficient (Wildman–Crippen LogP) is 3.94. The van der Waals surface area contributed by atoms with E-state index in [1.54, 1.807) is 13.2 Å². The van der Waals surface area contributed by atoms with Crippen LogP contribution in [0.1, 0.15) is 23.0 Å². The molecule has 1 fully saturated rings. The third-order valence-electron chi connectivity index (χ3n) is 5.40. The summed E-state index contributed by atoms with van der Waals surface area (Å²) >= 11 is 1.35. The first-order chi connectivity index (χ1) is 15.6. The number of ether oxygens (including phenoxy) is 1. The summed E-state index contributed by atoms with van der Waals surface area (Å²) in [6.07, 6.45) is 1.69. The normalized spacial score (nSPS) is 14.9. The summed E-state index contributed by atoms with van der Waals surface area (Å²) in [5, 5.41) is 5.37. The number of anilines is 1. The average Bonchev–Trinajstić information content (AvgIpc) is 3.46. The summed E-state index contributed by atoms with van der Waals surface area (Å²) < 4.78 is 10.7. The third kappa shape index (κ3) is 5.45. The van der Waals surface area contributed by atoms with Gasteiger partial charge in [0.1, 0.15) is 16.3 Å². The van der Waals surface area contributed by atoms with Gasteiger partial charge in [0.05, 0.1) is 26.0 Å². The number of nitrogens with zero attached hydrogens (tertiary/aromatic N) is 2. The van der Waals surface area contributed by atoms with Gasteiger partial charge < -0.3 is 14.5 Å². The second kappa shape index (κ2) is 10.6. The van der Waals surface area contributed by atoms with Crippen molar-refractivity contribution < 1.29 is 18.7 Å². The van der Waals surface area contributed by atoms with Crippen molar-refractivity contribution in [2.75, 3.05) is 44.6 Å². The Bertz CT molecular complexity index is 1020. The van der Waals surface area contributed by atoms with Crippen LogP contribution < -0.4 is 5.32 Å². The maximum atomic E-state index is 12.8. The standard InChI is InChI=1S/C24H27N3O4S/c1-2-30-24(29)22-20(18-7-4-3-5-8-18)17-32-23(22)25-21(28)16-27-12-10-26(11-13-27)15-19-9-6-14-31-19/h3-9,14,17H,2,10-13,15-16H2,1H3,(H,25,28). The van der Waals surface area contributed by atoms with Gasteiger partial charge in [-0.2, -0.15) is 0 Å². The van der Waals surface area contributed by atoms with Gasteiger partial charge in [-0.1, -0.05) is 30.3 Å². The maximum Gasteiger partial charge on any atom is 0.341 e. The van der Waals surface area contributed by atoms with E-state index in [-0.39, 0.29) is 19.1 Å². The Balaban J connectivity index is 1.38. The molecule has 0 saturated carbocycles. The number of carbonyl (C=O) groups is 2. The van der Waals surface area contributed by atoms with E-state index >= 15 is 0 Å². The van der Waals surface area contributed by atoms with Crippen molar-refractivity contribution in [3.8, 4) is 11.1 Å². The number of carbonyl (C=O) groups excluding carboxylic acids is 2. The number of esters is 1. The van der Waals surface area contributed by atoms with Gasteiger partial charge in [-0.3, -0.25) is 14.6 Å². The molecule has 32 heavy (non-hydrogen) atoms. The summed E-state index contributed by atoms with van der Waals surface area (Å²) in [5.41, 5.74) is 2.11. The van der Waals surface area contributed by atoms with Crippen LogP contribution in [0.15, 0.2) is 58.5 Å². The number of furan rings is 1. The lowest BCUT2D eigenvalue weighted by Gasteiger charge is -2.33. The molecule has 0 atom stereocenters. The van der Waals surface area contributed by atoms with Crippen LogP contribution in [0.2, 0.25) is 0 Å². The van der Waals surface area contributed by atoms with Crippen LogP contribution in [0, 0.1) is 0 Å². The first-order valence-electron chi connectivity index (χ1n) is 10.7. The van der Waals surface area contributed by atoms with E-state index in [2.05, 4.69) is 15.1 Å². The lowest BCUT2D eigenvalue weighted by atomic mass is 10.0. The molecule has 0 radical (unpaired) electrons. The lowest BCUT2D eigenvalue weighted by Crippen LogP contribution is -2.48. The minimum absolute atomic E-state index is 0.128. The van der Waals surface area contributed by atoms with Crippen LogP contribution in [0.4, 0.5) is 5.00 Å². The van der Waals surface area contributed by atoms with E-state index in [0.717, 1.165) is 49.6 Å². The number of hydrogen-bond acceptors (Lipinski definition) is 7. The van der Waals surface area contributed by atoms with Crippen LogP contribution >= 0.6 is 11.3 Å². The first kappa shape index (κ1) is 22.3. The van der Waals surface area contributed by atoms with Crippen molar-refractivity contribution in [2.24, 2.45) is 0 Å². The largest absolute Gasteiger partial charge is 0.468 e. The van der Waals surface area contributed by atoms with Crippen molar-refractivity contribution >= 4 is 28.2 Å². The third-order valence-corrected chi connectivity index (χ3v) is 6.30. The molecule has 4 rings (SSSR count). The minimum atomic E-state index is -0.422. The smallest absolute Gasteiger partial charge is 0.341 e. The zero-order valence-corrected chi connectivity index (χ0v) is 18.9. The molecular weight excluding hydrogens is 426 g/mol. The Kier molecular flexibility index (Phi) is 7.36. The van der Waals surface area contributed by atoms with Crippen LogP contribution in [0.3, 0.4) is 0 Å². The summed E-state index contributed by atoms with van der Waals surface area (Å²) in [4.78, 5) is 29.9. The molecule has 1 saturated heterocycles. The molecule has 1 amide bonds. The Morgan fingerprint density at radius 3 is 2.50 bits per heavy atom. The Labute approximate surface area is 191 Å². The van der Waals surface area contributed by atoms with Crippen LogP contribution in [0.25, 0.3) is 11.1 Å². The fraction of sp³-hybridized carbons (Fsp3) is 0.333. The first-order valence-corrected chi connectivity index (χ1v) is 11.6. The molecule has 8 heteroatoms. The van der Waals surface area contributed by atoms with E-state index in [4.69, 9.17) is 9.15 Å². The monoisotopic (exact) mass is 453 g/mol. The van der Waals surface area contributed by atoms with E-state index in [0.29, 0.717) is 10.6 Å². The van der Waals surface area contributed by atoms with Crippen LogP contribution in [-0.2, 0) is 16.1 Å². The van der Waals surface area contributed by atoms with Crippen molar-refractivity contribution in [1.29, 1.82) is 0 Å². The number of amides is 1. The predicted molar refractivity (Wildman–Crippen MR) is 125 cm³/mol. The highest BCUT2D eigenvalue weighted by molar-refractivity contribution is 7.15. The number of thiophene rings is 1. The van der Waals surface area contributed by atoms with Gasteiger partial charge in [0, 0.05) is 37.1 Å². The zero-order valence-electron chi connectivity index (χ0n) is 18.1. The molecule has 1 N–H and O–H groups in total. The van der Waals surface area contributed by atoms with Gasteiger partial charge in [0.2, 0.25) is 5.91 Å². The lowest BCUT2D eigenvalue weighted by molar-refractivity contribution is -0.117. The fourth-order valence-corrected chi connectivity index (χ4v) is 4.76. The van der Waals surface area contributed by atoms with Crippen LogP contribution in [0.5, 0.6) is 0 Å². The van der Waals surface area contributed by atoms with Crippen molar-refractivity contribution in [3.05, 3.63) is 65.4 Å². The summed E-state index contributed by atoms with van der Waals surface area (Å²) in [7, 11) is 0. The second-order valence-electron chi connectivity index (χ2n) is 7.62. The van der Waals surface area contributed by atoms with Gasteiger partial charge in [-0.15, -0.1) is 11.3 Å². The highest BCUT2D eigenvalue weighted by atomic mass is 32.1. The second-order valence-corrected chi connectivity index (χ2v) is 8.50. The fourth-order valence-electron chi connectivity index (χ4n) is 3.78. The molecule has 168 valence electrons. The number of piperazine rings is 1. The van der Waals surface area contributed by atoms with Crippen LogP contribution in [-0.4, -0.2) is 61.0 Å². The topological polar surface area (TPSA) is 75.0 Å². The van der Waals surface area contributed by atoms with Gasteiger partial charge in [-0.25, -0.2) is 4.79 Å². The van der Waals surface area contributed by atoms with E-state index in [1.807, 2.05) is 47.8 Å². The molecule has 0 bridgehead atoms. The molecule has 3 heterocycles. The van der Waals surface area contributed by atoms with Crippen molar-refractivity contribution in [2.45, 2.75) is 13.5 Å². The van der Waals surface area contributed by atoms with Gasteiger partial charge in [0.15, 0.2) is 0 Å². The molecule has 0 spiro atoms. The number of hydrogen-bond donors (Lipinski definition) is 1. The molecule has 2 aromatic heterocycles. The maximum absolute atomic E-state index is 12.8. The zero-order chi connectivity index (χ0) is 22.3. The number of nitrogens with one attached hydrogen (secondary N) is 1. The SMILES string of the molecule is CCOC(=O)c1c(-c2ccccc2)csc1NC(=O)CN1CCN(Cc2ccco2)CC1. The molecular formula is C24H27N3O4S. The van der Waals surface area contributed by atoms with E-state index in [9.17, 15) is 9.59 Å². The van der Waals surface area contributed by atoms with E-state index in [1.165, 1.54) is 11.3 Å².